The molecule has 0 unspecified atom stereocenters. The average Bonchev–Trinajstić information content (AvgIpc) is 3.20. The quantitative estimate of drug-likeness (QED) is 0.335. The van der Waals surface area contributed by atoms with Crippen LogP contribution in [0.4, 0.5) is 5.82 Å². The van der Waals surface area contributed by atoms with E-state index in [1.165, 1.54) is 23.4 Å². The lowest BCUT2D eigenvalue weighted by Crippen LogP contribution is -2.43. The van der Waals surface area contributed by atoms with Gasteiger partial charge in [-0.25, -0.2) is 9.78 Å². The molecule has 0 aliphatic heterocycles. The molecule has 4 aromatic rings. The molecular formula is C24H23N5O3S. The lowest BCUT2D eigenvalue weighted by Gasteiger charge is -2.14. The lowest BCUT2D eigenvalue weighted by atomic mass is 10.2. The van der Waals surface area contributed by atoms with Crippen molar-refractivity contribution < 1.29 is 4.79 Å². The van der Waals surface area contributed by atoms with Gasteiger partial charge in [0.1, 0.15) is 11.4 Å². The number of rotatable bonds is 7. The second-order valence-electron chi connectivity index (χ2n) is 7.54. The molecule has 0 saturated heterocycles. The van der Waals surface area contributed by atoms with E-state index in [2.05, 4.69) is 4.98 Å². The maximum atomic E-state index is 13.0. The van der Waals surface area contributed by atoms with Crippen molar-refractivity contribution in [3.05, 3.63) is 98.8 Å². The van der Waals surface area contributed by atoms with Crippen LogP contribution in [0.5, 0.6) is 0 Å². The van der Waals surface area contributed by atoms with E-state index in [9.17, 15) is 14.4 Å². The zero-order valence-electron chi connectivity index (χ0n) is 18.3. The van der Waals surface area contributed by atoms with Gasteiger partial charge in [0.05, 0.1) is 24.2 Å². The van der Waals surface area contributed by atoms with Gasteiger partial charge in [-0.15, -0.1) is 0 Å². The Hall–Kier alpha value is -3.85. The summed E-state index contributed by atoms with van der Waals surface area (Å²) in [5.74, 6) is -0.617. The molecule has 2 aromatic carbocycles. The van der Waals surface area contributed by atoms with Crippen molar-refractivity contribution in [3.8, 4) is 11.3 Å². The molecule has 0 radical (unpaired) electrons. The Bertz CT molecular complexity index is 1420. The van der Waals surface area contributed by atoms with Gasteiger partial charge in [0.15, 0.2) is 10.9 Å². The van der Waals surface area contributed by atoms with Gasteiger partial charge in [-0.05, 0) is 11.1 Å². The number of nitrogens with zero attached hydrogens (tertiary/aromatic N) is 4. The van der Waals surface area contributed by atoms with E-state index in [1.807, 2.05) is 72.3 Å². The van der Waals surface area contributed by atoms with Crippen LogP contribution in [0, 0.1) is 0 Å². The Kier molecular flexibility index (Phi) is 6.32. The standard InChI is InChI=1S/C24H23N5O3S/c1-27-18(17-11-7-4-8-12-17)13-26-23(27)33-15-19(30)20-21(25)29(24(32)28(2)22(20)31)14-16-9-5-3-6-10-16/h3-13H,14-15,25H2,1-2H3. The van der Waals surface area contributed by atoms with E-state index in [4.69, 9.17) is 5.73 Å². The predicted molar refractivity (Wildman–Crippen MR) is 130 cm³/mol. The number of thioether (sulfide) groups is 1. The van der Waals surface area contributed by atoms with E-state index in [1.54, 1.807) is 6.20 Å². The smallest absolute Gasteiger partial charge is 0.332 e. The Labute approximate surface area is 194 Å². The fourth-order valence-corrected chi connectivity index (χ4v) is 4.39. The summed E-state index contributed by atoms with van der Waals surface area (Å²) in [6, 6.07) is 19.0. The molecular weight excluding hydrogens is 438 g/mol. The van der Waals surface area contributed by atoms with Gasteiger partial charge in [0.2, 0.25) is 0 Å². The van der Waals surface area contributed by atoms with Crippen LogP contribution >= 0.6 is 11.8 Å². The fraction of sp³-hybridized carbons (Fsp3) is 0.167. The Balaban J connectivity index is 1.61. The number of nitrogen functional groups attached to an aromatic ring is 1. The molecule has 0 fully saturated rings. The molecule has 33 heavy (non-hydrogen) atoms. The molecule has 0 saturated carbocycles. The largest absolute Gasteiger partial charge is 0.384 e. The molecule has 4 rings (SSSR count). The molecule has 0 spiro atoms. The van der Waals surface area contributed by atoms with Gasteiger partial charge in [-0.2, -0.15) is 0 Å². The third-order valence-corrected chi connectivity index (χ3v) is 6.44. The summed E-state index contributed by atoms with van der Waals surface area (Å²) >= 11 is 1.21. The Morgan fingerprint density at radius 3 is 2.27 bits per heavy atom. The summed E-state index contributed by atoms with van der Waals surface area (Å²) < 4.78 is 4.07. The molecule has 0 aliphatic rings. The SMILES string of the molecule is Cn1c(-c2ccccc2)cnc1SCC(=O)c1c(N)n(Cc2ccccc2)c(=O)n(C)c1=O. The number of benzene rings is 2. The summed E-state index contributed by atoms with van der Waals surface area (Å²) in [4.78, 5) is 42.9. The molecule has 168 valence electrons. The first-order valence-corrected chi connectivity index (χ1v) is 11.2. The zero-order chi connectivity index (χ0) is 23.5. The van der Waals surface area contributed by atoms with Crippen LogP contribution < -0.4 is 17.0 Å². The Morgan fingerprint density at radius 1 is 0.970 bits per heavy atom. The number of anilines is 1. The zero-order valence-corrected chi connectivity index (χ0v) is 19.1. The molecule has 2 aromatic heterocycles. The third kappa shape index (κ3) is 4.40. The molecule has 0 atom stereocenters. The monoisotopic (exact) mass is 461 g/mol. The van der Waals surface area contributed by atoms with Crippen LogP contribution in [0.25, 0.3) is 11.3 Å². The first-order valence-electron chi connectivity index (χ1n) is 10.2. The van der Waals surface area contributed by atoms with Crippen LogP contribution in [0.1, 0.15) is 15.9 Å². The number of ketones is 1. The third-order valence-electron chi connectivity index (χ3n) is 5.39. The van der Waals surface area contributed by atoms with Gasteiger partial charge >= 0.3 is 5.69 Å². The second kappa shape index (κ2) is 9.33. The minimum Gasteiger partial charge on any atom is -0.384 e. The summed E-state index contributed by atoms with van der Waals surface area (Å²) in [7, 11) is 3.22. The van der Waals surface area contributed by atoms with E-state index >= 15 is 0 Å². The summed E-state index contributed by atoms with van der Waals surface area (Å²) in [5, 5.41) is 0.634. The van der Waals surface area contributed by atoms with Crippen molar-refractivity contribution in [2.75, 3.05) is 11.5 Å². The highest BCUT2D eigenvalue weighted by Crippen LogP contribution is 2.25. The van der Waals surface area contributed by atoms with Gasteiger partial charge < -0.3 is 10.3 Å². The van der Waals surface area contributed by atoms with Crippen molar-refractivity contribution in [1.82, 2.24) is 18.7 Å². The van der Waals surface area contributed by atoms with Crippen LogP contribution in [0.3, 0.4) is 0 Å². The first kappa shape index (κ1) is 22.3. The van der Waals surface area contributed by atoms with Gasteiger partial charge in [-0.1, -0.05) is 72.4 Å². The van der Waals surface area contributed by atoms with Crippen LogP contribution in [0.2, 0.25) is 0 Å². The maximum Gasteiger partial charge on any atom is 0.332 e. The van der Waals surface area contributed by atoms with E-state index in [-0.39, 0.29) is 23.7 Å². The van der Waals surface area contributed by atoms with Crippen LogP contribution in [-0.4, -0.2) is 30.2 Å². The number of imidazole rings is 1. The van der Waals surface area contributed by atoms with Crippen molar-refractivity contribution in [1.29, 1.82) is 0 Å². The molecule has 0 bridgehead atoms. The van der Waals surface area contributed by atoms with Crippen LogP contribution in [0.15, 0.2) is 81.6 Å². The van der Waals surface area contributed by atoms with Crippen molar-refractivity contribution in [2.24, 2.45) is 14.1 Å². The summed E-state index contributed by atoms with van der Waals surface area (Å²) in [6.45, 7) is 0.160. The molecule has 0 aliphatic carbocycles. The highest BCUT2D eigenvalue weighted by Gasteiger charge is 2.22. The molecule has 9 heteroatoms. The average molecular weight is 462 g/mol. The number of nitrogens with two attached hydrogens (primary N) is 1. The normalized spacial score (nSPS) is 11.0. The van der Waals surface area contributed by atoms with Crippen molar-refractivity contribution in [3.63, 3.8) is 0 Å². The first-order chi connectivity index (χ1) is 15.9. The number of hydrogen-bond acceptors (Lipinski definition) is 6. The Morgan fingerprint density at radius 2 is 1.61 bits per heavy atom. The molecule has 2 heterocycles. The minimum atomic E-state index is -0.697. The number of carbonyl (C=O) groups excluding carboxylic acids is 1. The predicted octanol–water partition coefficient (Wildman–Crippen LogP) is 2.55. The van der Waals surface area contributed by atoms with E-state index in [0.29, 0.717) is 5.16 Å². The van der Waals surface area contributed by atoms with E-state index in [0.717, 1.165) is 21.4 Å². The maximum absolute atomic E-state index is 13.0. The number of aromatic nitrogens is 4. The molecule has 0 amide bonds. The highest BCUT2D eigenvalue weighted by molar-refractivity contribution is 7.99. The number of carbonyl (C=O) groups is 1. The highest BCUT2D eigenvalue weighted by atomic mass is 32.2. The van der Waals surface area contributed by atoms with Gasteiger partial charge in [0.25, 0.3) is 5.56 Å². The topological polar surface area (TPSA) is 105 Å². The fourth-order valence-electron chi connectivity index (χ4n) is 3.57. The lowest BCUT2D eigenvalue weighted by molar-refractivity contribution is 0.102. The summed E-state index contributed by atoms with van der Waals surface area (Å²) in [6.07, 6.45) is 1.75. The second-order valence-corrected chi connectivity index (χ2v) is 8.48. The van der Waals surface area contributed by atoms with Crippen LogP contribution in [-0.2, 0) is 20.6 Å². The minimum absolute atomic E-state index is 0.0396. The summed E-state index contributed by atoms with van der Waals surface area (Å²) in [5.41, 5.74) is 7.49. The number of hydrogen-bond donors (Lipinski definition) is 1. The number of Topliss-reactive ketones (excluding diaryl/α,β-unsaturated/α-hetero) is 1. The van der Waals surface area contributed by atoms with Crippen molar-refractivity contribution >= 4 is 23.4 Å². The van der Waals surface area contributed by atoms with Gasteiger partial charge in [0, 0.05) is 14.1 Å². The molecule has 2 N–H and O–H groups in total. The molecule has 8 nitrogen and oxygen atoms in total. The van der Waals surface area contributed by atoms with Gasteiger partial charge in [-0.3, -0.25) is 18.7 Å². The van der Waals surface area contributed by atoms with Crippen molar-refractivity contribution in [2.45, 2.75) is 11.7 Å². The van der Waals surface area contributed by atoms with E-state index < -0.39 is 17.0 Å².